The van der Waals surface area contributed by atoms with E-state index in [1.165, 1.54) is 0 Å². The summed E-state index contributed by atoms with van der Waals surface area (Å²) >= 11 is 3.44. The number of amides is 1. The summed E-state index contributed by atoms with van der Waals surface area (Å²) in [5.74, 6) is 1.09. The maximum Gasteiger partial charge on any atom is 0.258 e. The van der Waals surface area contributed by atoms with E-state index in [1.54, 1.807) is 37.3 Å². The van der Waals surface area contributed by atoms with Crippen molar-refractivity contribution in [1.82, 2.24) is 0 Å². The number of hydrogen-bond acceptors (Lipinski definition) is 3. The van der Waals surface area contributed by atoms with Crippen LogP contribution in [0.15, 0.2) is 40.9 Å². The summed E-state index contributed by atoms with van der Waals surface area (Å²) in [5, 5.41) is 0. The zero-order valence-electron chi connectivity index (χ0n) is 13.7. The van der Waals surface area contributed by atoms with Crippen molar-refractivity contribution >= 4 is 27.5 Å². The molecular weight excluding hydrogens is 358 g/mol. The Morgan fingerprint density at radius 1 is 1.17 bits per heavy atom. The SMILES string of the molecule is CCOc1ccc(C(=O)N(C)c2ccc(Br)cc2C)cc1OC. The molecule has 0 spiro atoms. The standard InChI is InChI=1S/C18H20BrNO3/c1-5-23-16-9-6-13(11-17(16)22-4)18(21)20(3)15-8-7-14(19)10-12(15)2/h6-11H,5H2,1-4H3. The van der Waals surface area contributed by atoms with Crippen LogP contribution in [-0.4, -0.2) is 26.7 Å². The van der Waals surface area contributed by atoms with E-state index in [0.717, 1.165) is 15.7 Å². The number of benzene rings is 2. The second-order valence-electron chi connectivity index (χ2n) is 5.09. The smallest absolute Gasteiger partial charge is 0.258 e. The average Bonchev–Trinajstić information content (AvgIpc) is 2.54. The number of anilines is 1. The fraction of sp³-hybridized carbons (Fsp3) is 0.278. The highest BCUT2D eigenvalue weighted by Gasteiger charge is 2.17. The highest BCUT2D eigenvalue weighted by molar-refractivity contribution is 9.10. The number of ether oxygens (including phenoxy) is 2. The Labute approximate surface area is 145 Å². The molecule has 0 atom stereocenters. The molecule has 23 heavy (non-hydrogen) atoms. The number of methoxy groups -OCH3 is 1. The third kappa shape index (κ3) is 3.85. The van der Waals surface area contributed by atoms with Gasteiger partial charge in [-0.25, -0.2) is 0 Å². The van der Waals surface area contributed by atoms with Crippen molar-refractivity contribution < 1.29 is 14.3 Å². The van der Waals surface area contributed by atoms with E-state index in [0.29, 0.717) is 23.7 Å². The largest absolute Gasteiger partial charge is 0.493 e. The normalized spacial score (nSPS) is 10.3. The van der Waals surface area contributed by atoms with Crippen LogP contribution in [0, 0.1) is 6.92 Å². The van der Waals surface area contributed by atoms with E-state index >= 15 is 0 Å². The van der Waals surface area contributed by atoms with Crippen molar-refractivity contribution in [2.75, 3.05) is 25.7 Å². The van der Waals surface area contributed by atoms with Gasteiger partial charge in [-0.15, -0.1) is 0 Å². The number of carbonyl (C=O) groups excluding carboxylic acids is 1. The molecule has 2 aromatic rings. The number of carbonyl (C=O) groups is 1. The third-order valence-electron chi connectivity index (χ3n) is 3.54. The van der Waals surface area contributed by atoms with Crippen LogP contribution in [0.4, 0.5) is 5.69 Å². The van der Waals surface area contributed by atoms with Crippen LogP contribution in [-0.2, 0) is 0 Å². The van der Waals surface area contributed by atoms with E-state index in [1.807, 2.05) is 32.0 Å². The first kappa shape index (κ1) is 17.3. The summed E-state index contributed by atoms with van der Waals surface area (Å²) in [7, 11) is 3.33. The molecule has 122 valence electrons. The minimum Gasteiger partial charge on any atom is -0.493 e. The summed E-state index contributed by atoms with van der Waals surface area (Å²) in [4.78, 5) is 14.4. The Bertz CT molecular complexity index is 715. The summed E-state index contributed by atoms with van der Waals surface area (Å²) in [6.45, 7) is 4.42. The molecular formula is C18H20BrNO3. The van der Waals surface area contributed by atoms with Gasteiger partial charge in [0.25, 0.3) is 5.91 Å². The molecule has 0 bridgehead atoms. The maximum absolute atomic E-state index is 12.7. The fourth-order valence-electron chi connectivity index (χ4n) is 2.37. The van der Waals surface area contributed by atoms with Gasteiger partial charge in [0, 0.05) is 22.8 Å². The summed E-state index contributed by atoms with van der Waals surface area (Å²) in [5.41, 5.74) is 2.44. The molecule has 0 N–H and O–H groups in total. The molecule has 2 rings (SSSR count). The molecule has 0 aliphatic heterocycles. The molecule has 2 aromatic carbocycles. The Balaban J connectivity index is 2.32. The van der Waals surface area contributed by atoms with Crippen molar-refractivity contribution in [2.45, 2.75) is 13.8 Å². The minimum atomic E-state index is -0.100. The average molecular weight is 378 g/mol. The minimum absolute atomic E-state index is 0.100. The zero-order valence-corrected chi connectivity index (χ0v) is 15.3. The summed E-state index contributed by atoms with van der Waals surface area (Å²) in [6, 6.07) is 11.0. The molecule has 0 aliphatic carbocycles. The number of rotatable bonds is 5. The molecule has 0 unspecified atom stereocenters. The quantitative estimate of drug-likeness (QED) is 0.772. The van der Waals surface area contributed by atoms with Crippen LogP contribution < -0.4 is 14.4 Å². The molecule has 0 saturated heterocycles. The van der Waals surface area contributed by atoms with Gasteiger partial charge in [0.2, 0.25) is 0 Å². The van der Waals surface area contributed by atoms with Gasteiger partial charge in [0.05, 0.1) is 13.7 Å². The summed E-state index contributed by atoms with van der Waals surface area (Å²) in [6.07, 6.45) is 0. The van der Waals surface area contributed by atoms with Gasteiger partial charge >= 0.3 is 0 Å². The third-order valence-corrected chi connectivity index (χ3v) is 4.03. The van der Waals surface area contributed by atoms with Crippen molar-refractivity contribution in [3.8, 4) is 11.5 Å². The van der Waals surface area contributed by atoms with Crippen molar-refractivity contribution in [3.63, 3.8) is 0 Å². The van der Waals surface area contributed by atoms with Crippen LogP contribution in [0.3, 0.4) is 0 Å². The lowest BCUT2D eigenvalue weighted by Crippen LogP contribution is -2.26. The number of nitrogens with zero attached hydrogens (tertiary/aromatic N) is 1. The lowest BCUT2D eigenvalue weighted by atomic mass is 10.1. The van der Waals surface area contributed by atoms with E-state index in [9.17, 15) is 4.79 Å². The molecule has 0 aliphatic rings. The molecule has 0 radical (unpaired) electrons. The van der Waals surface area contributed by atoms with Crippen molar-refractivity contribution in [1.29, 1.82) is 0 Å². The molecule has 0 aromatic heterocycles. The molecule has 1 amide bonds. The van der Waals surface area contributed by atoms with E-state index < -0.39 is 0 Å². The molecule has 0 fully saturated rings. The van der Waals surface area contributed by atoms with Crippen LogP contribution in [0.5, 0.6) is 11.5 Å². The van der Waals surface area contributed by atoms with Gasteiger partial charge in [-0.2, -0.15) is 0 Å². The van der Waals surface area contributed by atoms with Crippen LogP contribution in [0.1, 0.15) is 22.8 Å². The predicted octanol–water partition coefficient (Wildman–Crippen LogP) is 4.44. The van der Waals surface area contributed by atoms with Gasteiger partial charge in [0.15, 0.2) is 11.5 Å². The number of hydrogen-bond donors (Lipinski definition) is 0. The van der Waals surface area contributed by atoms with Crippen molar-refractivity contribution in [2.24, 2.45) is 0 Å². The van der Waals surface area contributed by atoms with E-state index in [-0.39, 0.29) is 5.91 Å². The Morgan fingerprint density at radius 2 is 1.91 bits per heavy atom. The van der Waals surface area contributed by atoms with E-state index in [4.69, 9.17) is 9.47 Å². The fourth-order valence-corrected chi connectivity index (χ4v) is 2.85. The highest BCUT2D eigenvalue weighted by atomic mass is 79.9. The highest BCUT2D eigenvalue weighted by Crippen LogP contribution is 2.30. The monoisotopic (exact) mass is 377 g/mol. The first-order valence-corrected chi connectivity index (χ1v) is 8.12. The first-order valence-electron chi connectivity index (χ1n) is 7.33. The van der Waals surface area contributed by atoms with Gasteiger partial charge in [-0.3, -0.25) is 4.79 Å². The zero-order chi connectivity index (χ0) is 17.0. The molecule has 5 heteroatoms. The Morgan fingerprint density at radius 3 is 2.52 bits per heavy atom. The van der Waals surface area contributed by atoms with Crippen LogP contribution in [0.25, 0.3) is 0 Å². The molecule has 0 heterocycles. The van der Waals surface area contributed by atoms with Crippen LogP contribution in [0.2, 0.25) is 0 Å². The first-order chi connectivity index (χ1) is 11.0. The topological polar surface area (TPSA) is 38.8 Å². The Hall–Kier alpha value is -2.01. The van der Waals surface area contributed by atoms with Gasteiger partial charge in [0.1, 0.15) is 0 Å². The lowest BCUT2D eigenvalue weighted by molar-refractivity contribution is 0.0992. The second kappa shape index (κ2) is 7.51. The van der Waals surface area contributed by atoms with Crippen molar-refractivity contribution in [3.05, 3.63) is 52.0 Å². The number of halogens is 1. The number of aryl methyl sites for hydroxylation is 1. The molecule has 0 saturated carbocycles. The van der Waals surface area contributed by atoms with E-state index in [2.05, 4.69) is 15.9 Å². The van der Waals surface area contributed by atoms with Gasteiger partial charge in [-0.1, -0.05) is 15.9 Å². The van der Waals surface area contributed by atoms with Crippen LogP contribution >= 0.6 is 15.9 Å². The van der Waals surface area contributed by atoms with Gasteiger partial charge < -0.3 is 14.4 Å². The second-order valence-corrected chi connectivity index (χ2v) is 6.01. The molecule has 4 nitrogen and oxygen atoms in total. The lowest BCUT2D eigenvalue weighted by Gasteiger charge is -2.20. The summed E-state index contributed by atoms with van der Waals surface area (Å²) < 4.78 is 11.8. The Kier molecular flexibility index (Phi) is 5.66. The maximum atomic E-state index is 12.7. The van der Waals surface area contributed by atoms with Gasteiger partial charge in [-0.05, 0) is 55.8 Å². The predicted molar refractivity (Wildman–Crippen MR) is 95.8 cm³/mol.